The Kier molecular flexibility index (Phi) is 4.25. The van der Waals surface area contributed by atoms with Crippen LogP contribution in [0.1, 0.15) is 12.8 Å². The van der Waals surface area contributed by atoms with Gasteiger partial charge in [0.25, 0.3) is 0 Å². The second-order valence-electron chi connectivity index (χ2n) is 2.75. The molecular formula is C9H11NO3S. The highest BCUT2D eigenvalue weighted by molar-refractivity contribution is 8.03. The van der Waals surface area contributed by atoms with Crippen molar-refractivity contribution in [3.63, 3.8) is 0 Å². The first-order valence-corrected chi connectivity index (χ1v) is 5.15. The predicted octanol–water partition coefficient (Wildman–Crippen LogP) is 1.11. The van der Waals surface area contributed by atoms with E-state index in [-0.39, 0.29) is 11.5 Å². The molecule has 0 fully saturated rings. The van der Waals surface area contributed by atoms with E-state index in [0.717, 1.165) is 11.4 Å². The average molecular weight is 213 g/mol. The molecule has 0 saturated carbocycles. The van der Waals surface area contributed by atoms with Gasteiger partial charge in [0.05, 0.1) is 10.8 Å². The number of carbonyl (C=O) groups is 2. The normalized spacial score (nSPS) is 14.4. The Balaban J connectivity index is 2.23. The molecule has 5 heteroatoms. The zero-order chi connectivity index (χ0) is 10.4. The number of nitrogens with one attached hydrogen (secondary N) is 1. The van der Waals surface area contributed by atoms with Crippen LogP contribution in [0.15, 0.2) is 23.4 Å². The van der Waals surface area contributed by atoms with E-state index in [1.54, 1.807) is 0 Å². The van der Waals surface area contributed by atoms with Gasteiger partial charge in [0.1, 0.15) is 6.42 Å². The Morgan fingerprint density at radius 1 is 1.57 bits per heavy atom. The lowest BCUT2D eigenvalue weighted by Crippen LogP contribution is -2.11. The average Bonchev–Trinajstić information content (AvgIpc) is 2.15. The van der Waals surface area contributed by atoms with Crippen molar-refractivity contribution in [2.45, 2.75) is 12.8 Å². The van der Waals surface area contributed by atoms with E-state index in [9.17, 15) is 9.59 Å². The lowest BCUT2D eigenvalue weighted by molar-refractivity contribution is -0.139. The summed E-state index contributed by atoms with van der Waals surface area (Å²) in [6, 6.07) is 0. The number of aliphatic carboxylic acids is 1. The van der Waals surface area contributed by atoms with Gasteiger partial charge in [-0.1, -0.05) is 12.2 Å². The van der Waals surface area contributed by atoms with Gasteiger partial charge in [-0.15, -0.1) is 11.8 Å². The summed E-state index contributed by atoms with van der Waals surface area (Å²) in [6.07, 6.45) is 6.18. The lowest BCUT2D eigenvalue weighted by atomic mass is 10.3. The fourth-order valence-corrected chi connectivity index (χ4v) is 1.71. The minimum Gasteiger partial charge on any atom is -0.481 e. The summed E-state index contributed by atoms with van der Waals surface area (Å²) in [4.78, 5) is 21.2. The van der Waals surface area contributed by atoms with Crippen LogP contribution in [0.5, 0.6) is 0 Å². The molecule has 14 heavy (non-hydrogen) atoms. The number of Topliss-reactive ketones (excluding diaryl/α,β-unsaturated/α-hetero) is 1. The number of hydrogen-bond acceptors (Lipinski definition) is 4. The summed E-state index contributed by atoms with van der Waals surface area (Å²) < 4.78 is 0. The summed E-state index contributed by atoms with van der Waals surface area (Å²) >= 11 is 1.33. The summed E-state index contributed by atoms with van der Waals surface area (Å²) in [5.41, 5.74) is 0. The largest absolute Gasteiger partial charge is 0.481 e. The van der Waals surface area contributed by atoms with Crippen LogP contribution in [0.3, 0.4) is 0 Å². The highest BCUT2D eigenvalue weighted by atomic mass is 32.2. The Morgan fingerprint density at radius 3 is 2.93 bits per heavy atom. The second-order valence-corrected chi connectivity index (χ2v) is 3.77. The molecule has 76 valence electrons. The number of thioether (sulfide) groups is 1. The number of rotatable bonds is 5. The summed E-state index contributed by atoms with van der Waals surface area (Å²) in [5, 5.41) is 12.2. The molecule has 2 N–H and O–H groups in total. The Hall–Kier alpha value is -1.23. The van der Waals surface area contributed by atoms with E-state index >= 15 is 0 Å². The molecule has 1 aliphatic heterocycles. The van der Waals surface area contributed by atoms with E-state index in [4.69, 9.17) is 5.11 Å². The molecule has 4 nitrogen and oxygen atoms in total. The number of hydrogen-bond donors (Lipinski definition) is 2. The summed E-state index contributed by atoms with van der Waals surface area (Å²) in [7, 11) is 0. The molecule has 0 aliphatic carbocycles. The molecule has 1 aliphatic rings. The maximum Gasteiger partial charge on any atom is 0.310 e. The molecule has 0 saturated heterocycles. The van der Waals surface area contributed by atoms with Crippen LogP contribution < -0.4 is 5.32 Å². The van der Waals surface area contributed by atoms with Crippen molar-refractivity contribution >= 4 is 23.5 Å². The third kappa shape index (κ3) is 4.13. The van der Waals surface area contributed by atoms with Crippen molar-refractivity contribution < 1.29 is 14.7 Å². The van der Waals surface area contributed by atoms with Crippen molar-refractivity contribution in [3.8, 4) is 0 Å². The Bertz CT molecular complexity index is 296. The van der Waals surface area contributed by atoms with Gasteiger partial charge in [-0.25, -0.2) is 0 Å². The number of dihydropyridines is 1. The van der Waals surface area contributed by atoms with Crippen molar-refractivity contribution in [3.05, 3.63) is 23.4 Å². The molecule has 0 radical (unpaired) electrons. The topological polar surface area (TPSA) is 66.4 Å². The van der Waals surface area contributed by atoms with Gasteiger partial charge in [-0.05, 0) is 12.6 Å². The lowest BCUT2D eigenvalue weighted by Gasteiger charge is -2.08. The van der Waals surface area contributed by atoms with Crippen LogP contribution in [0.2, 0.25) is 0 Å². The summed E-state index contributed by atoms with van der Waals surface area (Å²) in [6.45, 7) is 0. The smallest absolute Gasteiger partial charge is 0.310 e. The van der Waals surface area contributed by atoms with Gasteiger partial charge in [-0.2, -0.15) is 0 Å². The molecule has 0 spiro atoms. The molecular weight excluding hydrogens is 202 g/mol. The third-order valence-corrected chi connectivity index (χ3v) is 2.58. The molecule has 0 amide bonds. The van der Waals surface area contributed by atoms with Crippen molar-refractivity contribution in [2.75, 3.05) is 5.75 Å². The van der Waals surface area contributed by atoms with Crippen LogP contribution in [0.4, 0.5) is 0 Å². The first-order chi connectivity index (χ1) is 6.68. The number of carbonyl (C=O) groups excluding carboxylic acids is 1. The van der Waals surface area contributed by atoms with E-state index in [2.05, 4.69) is 5.32 Å². The molecule has 0 atom stereocenters. The molecule has 0 aromatic carbocycles. The fraction of sp³-hybridized carbons (Fsp3) is 0.333. The molecule has 0 bridgehead atoms. The number of ketones is 1. The van der Waals surface area contributed by atoms with E-state index in [0.29, 0.717) is 0 Å². The summed E-state index contributed by atoms with van der Waals surface area (Å²) in [5.74, 6) is -1.13. The third-order valence-electron chi connectivity index (χ3n) is 1.52. The van der Waals surface area contributed by atoms with E-state index < -0.39 is 12.4 Å². The van der Waals surface area contributed by atoms with Crippen LogP contribution in [-0.4, -0.2) is 22.6 Å². The highest BCUT2D eigenvalue weighted by Crippen LogP contribution is 2.16. The zero-order valence-electron chi connectivity index (χ0n) is 7.53. The van der Waals surface area contributed by atoms with Crippen molar-refractivity contribution in [2.24, 2.45) is 0 Å². The first-order valence-electron chi connectivity index (χ1n) is 4.16. The molecule has 1 heterocycles. The van der Waals surface area contributed by atoms with E-state index in [1.165, 1.54) is 11.8 Å². The van der Waals surface area contributed by atoms with Gasteiger partial charge < -0.3 is 10.4 Å². The minimum atomic E-state index is -1.07. The van der Waals surface area contributed by atoms with Crippen LogP contribution in [-0.2, 0) is 9.59 Å². The number of carboxylic acid groups (broad SMARTS) is 1. The van der Waals surface area contributed by atoms with Gasteiger partial charge in [0.2, 0.25) is 0 Å². The monoisotopic (exact) mass is 213 g/mol. The maximum absolute atomic E-state index is 11.0. The van der Waals surface area contributed by atoms with Gasteiger partial charge in [0.15, 0.2) is 5.78 Å². The predicted molar refractivity (Wildman–Crippen MR) is 54.7 cm³/mol. The van der Waals surface area contributed by atoms with Gasteiger partial charge in [0, 0.05) is 0 Å². The van der Waals surface area contributed by atoms with Gasteiger partial charge in [-0.3, -0.25) is 9.59 Å². The van der Waals surface area contributed by atoms with Crippen LogP contribution in [0, 0.1) is 0 Å². The van der Waals surface area contributed by atoms with Gasteiger partial charge >= 0.3 is 5.97 Å². The highest BCUT2D eigenvalue weighted by Gasteiger charge is 2.09. The number of carboxylic acids is 1. The fourth-order valence-electron chi connectivity index (χ4n) is 0.922. The molecule has 0 unspecified atom stereocenters. The Labute approximate surface area is 86.1 Å². The molecule has 0 aromatic rings. The quantitative estimate of drug-likeness (QED) is 0.670. The molecule has 0 aromatic heterocycles. The second kappa shape index (κ2) is 5.49. The maximum atomic E-state index is 11.0. The van der Waals surface area contributed by atoms with Crippen LogP contribution in [0.25, 0.3) is 0 Å². The van der Waals surface area contributed by atoms with Crippen molar-refractivity contribution in [1.29, 1.82) is 0 Å². The Morgan fingerprint density at radius 2 is 2.36 bits per heavy atom. The minimum absolute atomic E-state index is 0.207. The van der Waals surface area contributed by atoms with Crippen LogP contribution >= 0.6 is 11.8 Å². The standard InChI is InChI=1S/C9H11NO3S/c11-7(5-9(12)13)6-14-8-3-1-2-4-10-8/h2-4,10H,1,5-6H2,(H,12,13). The molecule has 1 rings (SSSR count). The zero-order valence-corrected chi connectivity index (χ0v) is 8.34. The van der Waals surface area contributed by atoms with Crippen molar-refractivity contribution in [1.82, 2.24) is 5.32 Å². The number of allylic oxidation sites excluding steroid dienone is 2. The SMILES string of the molecule is O=C(O)CC(=O)CSC1=CCC=CN1. The first kappa shape index (κ1) is 10.8. The van der Waals surface area contributed by atoms with E-state index in [1.807, 2.05) is 18.4 Å².